The van der Waals surface area contributed by atoms with Gasteiger partial charge in [-0.05, 0) is 54.3 Å². The molecule has 10 heteroatoms. The quantitative estimate of drug-likeness (QED) is 0.262. The zero-order valence-corrected chi connectivity index (χ0v) is 21.8. The van der Waals surface area contributed by atoms with Crippen LogP contribution in [0.4, 0.5) is 15.9 Å². The molecule has 0 radical (unpaired) electrons. The van der Waals surface area contributed by atoms with E-state index in [-0.39, 0.29) is 35.8 Å². The number of carbonyl (C=O) groups is 2. The summed E-state index contributed by atoms with van der Waals surface area (Å²) in [6.45, 7) is 2.73. The number of nitrogens with two attached hydrogens (primary N) is 1. The lowest BCUT2D eigenvalue weighted by atomic mass is 9.96. The van der Waals surface area contributed by atoms with Crippen LogP contribution < -0.4 is 21.1 Å². The predicted octanol–water partition coefficient (Wildman–Crippen LogP) is 4.82. The Morgan fingerprint density at radius 2 is 1.98 bits per heavy atom. The maximum Gasteiger partial charge on any atom is 0.255 e. The SMILES string of the molecule is C=CC(=O)Nc1ccc(-c2c(-c3ccc(C(=O)NC4CC4)c(OC)c3)c3c(N)ncc(C#N)c3n2CCF)cc1. The molecule has 0 spiro atoms. The van der Waals surface area contributed by atoms with Crippen LogP contribution in [0.2, 0.25) is 0 Å². The summed E-state index contributed by atoms with van der Waals surface area (Å²) in [6.07, 6.45) is 4.45. The first-order valence-corrected chi connectivity index (χ1v) is 12.7. The van der Waals surface area contributed by atoms with Gasteiger partial charge in [0.05, 0.1) is 41.4 Å². The van der Waals surface area contributed by atoms with Crippen molar-refractivity contribution in [2.45, 2.75) is 25.4 Å². The largest absolute Gasteiger partial charge is 0.496 e. The minimum Gasteiger partial charge on any atom is -0.496 e. The molecule has 2 amide bonds. The van der Waals surface area contributed by atoms with Gasteiger partial charge in [0, 0.05) is 23.5 Å². The molecule has 1 aliphatic carbocycles. The van der Waals surface area contributed by atoms with Crippen molar-refractivity contribution in [2.24, 2.45) is 0 Å². The lowest BCUT2D eigenvalue weighted by molar-refractivity contribution is -0.111. The Labute approximate surface area is 230 Å². The monoisotopic (exact) mass is 538 g/mol. The number of benzene rings is 2. The van der Waals surface area contributed by atoms with Gasteiger partial charge >= 0.3 is 0 Å². The number of alkyl halides is 1. The van der Waals surface area contributed by atoms with Crippen LogP contribution in [0, 0.1) is 11.3 Å². The zero-order chi connectivity index (χ0) is 28.4. The summed E-state index contributed by atoms with van der Waals surface area (Å²) in [5.74, 6) is -0.0443. The number of nitrogen functional groups attached to an aromatic ring is 1. The molecule has 5 rings (SSSR count). The first-order valence-electron chi connectivity index (χ1n) is 12.7. The van der Waals surface area contributed by atoms with Crippen LogP contribution in [0.1, 0.15) is 28.8 Å². The molecule has 9 nitrogen and oxygen atoms in total. The third-order valence-corrected chi connectivity index (χ3v) is 6.79. The summed E-state index contributed by atoms with van der Waals surface area (Å²) >= 11 is 0. The van der Waals surface area contributed by atoms with Crippen LogP contribution in [0.5, 0.6) is 5.75 Å². The molecule has 2 aromatic heterocycles. The second kappa shape index (κ2) is 10.9. The van der Waals surface area contributed by atoms with Crippen LogP contribution in [0.15, 0.2) is 61.3 Å². The highest BCUT2D eigenvalue weighted by molar-refractivity contribution is 6.11. The number of amides is 2. The lowest BCUT2D eigenvalue weighted by Gasteiger charge is -2.14. The van der Waals surface area contributed by atoms with Crippen molar-refractivity contribution in [1.29, 1.82) is 5.26 Å². The summed E-state index contributed by atoms with van der Waals surface area (Å²) in [6, 6.07) is 14.5. The maximum atomic E-state index is 14.0. The molecule has 2 heterocycles. The molecule has 1 saturated carbocycles. The average Bonchev–Trinajstić information content (AvgIpc) is 3.72. The van der Waals surface area contributed by atoms with Crippen LogP contribution in [0.25, 0.3) is 33.3 Å². The summed E-state index contributed by atoms with van der Waals surface area (Å²) in [7, 11) is 1.49. The molecule has 1 aliphatic rings. The Kier molecular flexibility index (Phi) is 7.21. The predicted molar refractivity (Wildman–Crippen MR) is 152 cm³/mol. The van der Waals surface area contributed by atoms with E-state index in [2.05, 4.69) is 28.3 Å². The smallest absolute Gasteiger partial charge is 0.255 e. The van der Waals surface area contributed by atoms with Crippen molar-refractivity contribution in [3.8, 4) is 34.2 Å². The molecule has 1 fully saturated rings. The summed E-state index contributed by atoms with van der Waals surface area (Å²) in [5.41, 5.74) is 10.6. The van der Waals surface area contributed by atoms with Crippen molar-refractivity contribution in [3.05, 3.63) is 72.4 Å². The molecule has 0 aliphatic heterocycles. The number of nitriles is 1. The second-order valence-electron chi connectivity index (χ2n) is 9.39. The van der Waals surface area contributed by atoms with E-state index in [0.29, 0.717) is 50.3 Å². The Balaban J connectivity index is 1.77. The number of ether oxygens (including phenoxy) is 1. The number of hydrogen-bond acceptors (Lipinski definition) is 6. The van der Waals surface area contributed by atoms with Gasteiger partial charge in [0.25, 0.3) is 5.91 Å². The van der Waals surface area contributed by atoms with E-state index in [0.717, 1.165) is 12.8 Å². The van der Waals surface area contributed by atoms with E-state index < -0.39 is 6.67 Å². The lowest BCUT2D eigenvalue weighted by Crippen LogP contribution is -2.25. The standard InChI is InChI=1S/C30H27FN6O3/c1-3-24(38)35-20-7-4-17(5-8-20)27-25(26-28(37(27)13-12-31)19(15-32)16-34-29(26)33)18-6-11-22(23(14-18)40-2)30(39)36-21-9-10-21/h3-8,11,14,16,21H,1,9-10,12-13H2,2H3,(H2,33,34)(H,35,38)(H,36,39). The van der Waals surface area contributed by atoms with Gasteiger partial charge in [-0.3, -0.25) is 9.59 Å². The van der Waals surface area contributed by atoms with Gasteiger partial charge in [-0.2, -0.15) is 5.26 Å². The molecule has 202 valence electrons. The van der Waals surface area contributed by atoms with Gasteiger partial charge in [-0.15, -0.1) is 0 Å². The van der Waals surface area contributed by atoms with E-state index in [1.165, 1.54) is 19.4 Å². The molecule has 4 aromatic rings. The maximum absolute atomic E-state index is 14.0. The minimum absolute atomic E-state index is 0.0437. The van der Waals surface area contributed by atoms with Crippen molar-refractivity contribution in [2.75, 3.05) is 24.8 Å². The number of rotatable bonds is 9. The normalized spacial score (nSPS) is 12.5. The molecule has 2 aromatic carbocycles. The summed E-state index contributed by atoms with van der Waals surface area (Å²) in [4.78, 5) is 28.9. The molecular weight excluding hydrogens is 511 g/mol. The first kappa shape index (κ1) is 26.4. The third-order valence-electron chi connectivity index (χ3n) is 6.79. The Morgan fingerprint density at radius 3 is 2.60 bits per heavy atom. The summed E-state index contributed by atoms with van der Waals surface area (Å²) < 4.78 is 21.3. The second-order valence-corrected chi connectivity index (χ2v) is 9.39. The number of anilines is 2. The molecule has 0 saturated heterocycles. The van der Waals surface area contributed by atoms with E-state index in [9.17, 15) is 19.2 Å². The number of methoxy groups -OCH3 is 1. The molecule has 0 bridgehead atoms. The van der Waals surface area contributed by atoms with Crippen LogP contribution >= 0.6 is 0 Å². The molecule has 4 N–H and O–H groups in total. The van der Waals surface area contributed by atoms with E-state index >= 15 is 0 Å². The van der Waals surface area contributed by atoms with Crippen LogP contribution in [-0.4, -0.2) is 41.2 Å². The van der Waals surface area contributed by atoms with Gasteiger partial charge in [0.2, 0.25) is 5.91 Å². The average molecular weight is 539 g/mol. The topological polar surface area (TPSA) is 135 Å². The molecule has 0 unspecified atom stereocenters. The van der Waals surface area contributed by atoms with E-state index in [4.69, 9.17) is 10.5 Å². The van der Waals surface area contributed by atoms with Crippen molar-refractivity contribution in [3.63, 3.8) is 0 Å². The number of pyridine rings is 1. The van der Waals surface area contributed by atoms with Gasteiger partial charge in [0.1, 0.15) is 24.3 Å². The highest BCUT2D eigenvalue weighted by Crippen LogP contribution is 2.45. The number of nitrogens with one attached hydrogen (secondary N) is 2. The zero-order valence-electron chi connectivity index (χ0n) is 21.8. The fourth-order valence-electron chi connectivity index (χ4n) is 4.81. The number of hydrogen-bond donors (Lipinski definition) is 3. The fourth-order valence-corrected chi connectivity index (χ4v) is 4.81. The van der Waals surface area contributed by atoms with Crippen molar-refractivity contribution < 1.29 is 18.7 Å². The van der Waals surface area contributed by atoms with Gasteiger partial charge in [-0.1, -0.05) is 24.8 Å². The number of aromatic nitrogens is 2. The van der Waals surface area contributed by atoms with E-state index in [1.807, 2.05) is 0 Å². The number of halogens is 1. The Hall–Kier alpha value is -5.17. The van der Waals surface area contributed by atoms with Crippen LogP contribution in [-0.2, 0) is 11.3 Å². The first-order chi connectivity index (χ1) is 19.4. The molecule has 40 heavy (non-hydrogen) atoms. The van der Waals surface area contributed by atoms with Crippen molar-refractivity contribution >= 4 is 34.2 Å². The number of fused-ring (bicyclic) bond motifs is 1. The van der Waals surface area contributed by atoms with Gasteiger partial charge in [-0.25, -0.2) is 9.37 Å². The minimum atomic E-state index is -0.694. The summed E-state index contributed by atoms with van der Waals surface area (Å²) in [5, 5.41) is 16.1. The number of aryl methyl sites for hydroxylation is 1. The molecular formula is C30H27FN6O3. The number of carbonyl (C=O) groups excluding carboxylic acids is 2. The highest BCUT2D eigenvalue weighted by atomic mass is 19.1. The van der Waals surface area contributed by atoms with Gasteiger partial charge in [0.15, 0.2) is 0 Å². The number of nitrogens with zero attached hydrogens (tertiary/aromatic N) is 3. The van der Waals surface area contributed by atoms with Crippen molar-refractivity contribution in [1.82, 2.24) is 14.9 Å². The van der Waals surface area contributed by atoms with E-state index in [1.54, 1.807) is 47.0 Å². The highest BCUT2D eigenvalue weighted by Gasteiger charge is 2.28. The Bertz CT molecular complexity index is 1680. The van der Waals surface area contributed by atoms with Crippen LogP contribution in [0.3, 0.4) is 0 Å². The Morgan fingerprint density at radius 1 is 1.25 bits per heavy atom. The fraction of sp³-hybridized carbons (Fsp3) is 0.200. The molecule has 0 atom stereocenters. The van der Waals surface area contributed by atoms with Gasteiger partial charge < -0.3 is 25.7 Å². The third kappa shape index (κ3) is 4.85.